The van der Waals surface area contributed by atoms with Gasteiger partial charge in [-0.2, -0.15) is 0 Å². The number of hydrogen-bond donors (Lipinski definition) is 1. The van der Waals surface area contributed by atoms with Crippen LogP contribution in [0.15, 0.2) is 41.0 Å². The molecule has 5 heteroatoms. The van der Waals surface area contributed by atoms with E-state index in [1.165, 1.54) is 0 Å². The monoisotopic (exact) mass is 368 g/mol. The second-order valence-electron chi connectivity index (χ2n) is 4.78. The molecule has 1 unspecified atom stereocenters. The van der Waals surface area contributed by atoms with Crippen LogP contribution in [0.3, 0.4) is 0 Å². The highest BCUT2D eigenvalue weighted by Crippen LogP contribution is 2.31. The summed E-state index contributed by atoms with van der Waals surface area (Å²) in [5.41, 5.74) is 1.14. The summed E-state index contributed by atoms with van der Waals surface area (Å²) in [4.78, 5) is 4.35. The molecule has 1 aromatic carbocycles. The fourth-order valence-corrected chi connectivity index (χ4v) is 2.62. The normalized spacial score (nSPS) is 12.2. The first kappa shape index (κ1) is 16.3. The Bertz CT molecular complexity index is 589. The highest BCUT2D eigenvalue weighted by Gasteiger charge is 2.07. The largest absolute Gasteiger partial charge is 0.438 e. The number of benzene rings is 1. The summed E-state index contributed by atoms with van der Waals surface area (Å²) in [6.07, 6.45) is 2.95. The molecular weight excluding hydrogens is 352 g/mol. The first-order valence-electron chi connectivity index (χ1n) is 6.92. The summed E-state index contributed by atoms with van der Waals surface area (Å²) in [7, 11) is 0. The summed E-state index contributed by atoms with van der Waals surface area (Å²) in [5.74, 6) is 1.25. The van der Waals surface area contributed by atoms with Crippen LogP contribution in [0.5, 0.6) is 11.6 Å². The van der Waals surface area contributed by atoms with Crippen LogP contribution in [0.2, 0.25) is 5.02 Å². The van der Waals surface area contributed by atoms with Crippen molar-refractivity contribution >= 4 is 27.5 Å². The summed E-state index contributed by atoms with van der Waals surface area (Å²) in [5, 5.41) is 4.09. The Balaban J connectivity index is 2.05. The van der Waals surface area contributed by atoms with Gasteiger partial charge in [0.15, 0.2) is 0 Å². The average molecular weight is 370 g/mol. The van der Waals surface area contributed by atoms with Gasteiger partial charge in [0.25, 0.3) is 0 Å². The average Bonchev–Trinajstić information content (AvgIpc) is 2.48. The Morgan fingerprint density at radius 3 is 2.76 bits per heavy atom. The molecule has 0 fully saturated rings. The van der Waals surface area contributed by atoms with E-state index in [1.54, 1.807) is 12.1 Å². The van der Waals surface area contributed by atoms with Crippen molar-refractivity contribution in [2.75, 3.05) is 6.54 Å². The van der Waals surface area contributed by atoms with Crippen molar-refractivity contribution in [1.29, 1.82) is 0 Å². The molecule has 0 amide bonds. The molecule has 21 heavy (non-hydrogen) atoms. The topological polar surface area (TPSA) is 34.1 Å². The van der Waals surface area contributed by atoms with Gasteiger partial charge in [0.1, 0.15) is 5.75 Å². The predicted molar refractivity (Wildman–Crippen MR) is 90.2 cm³/mol. The summed E-state index contributed by atoms with van der Waals surface area (Å²) in [6.45, 7) is 5.28. The maximum absolute atomic E-state index is 5.91. The van der Waals surface area contributed by atoms with Crippen molar-refractivity contribution < 1.29 is 4.74 Å². The highest BCUT2D eigenvalue weighted by atomic mass is 79.9. The van der Waals surface area contributed by atoms with E-state index in [9.17, 15) is 0 Å². The van der Waals surface area contributed by atoms with E-state index in [1.807, 2.05) is 24.4 Å². The Morgan fingerprint density at radius 2 is 2.14 bits per heavy atom. The molecule has 0 aliphatic rings. The van der Waals surface area contributed by atoms with Gasteiger partial charge in [-0.15, -0.1) is 0 Å². The third-order valence-corrected chi connectivity index (χ3v) is 3.92. The third kappa shape index (κ3) is 4.70. The molecule has 0 aliphatic carbocycles. The zero-order chi connectivity index (χ0) is 15.2. The van der Waals surface area contributed by atoms with E-state index in [4.69, 9.17) is 16.3 Å². The molecule has 0 aliphatic heterocycles. The number of halogens is 2. The lowest BCUT2D eigenvalue weighted by atomic mass is 10.1. The van der Waals surface area contributed by atoms with Crippen LogP contribution in [0, 0.1) is 0 Å². The van der Waals surface area contributed by atoms with E-state index >= 15 is 0 Å². The number of ether oxygens (including phenoxy) is 1. The summed E-state index contributed by atoms with van der Waals surface area (Å²) in [6, 6.07) is 9.58. The van der Waals surface area contributed by atoms with Gasteiger partial charge in [-0.3, -0.25) is 0 Å². The molecule has 0 saturated heterocycles. The van der Waals surface area contributed by atoms with Gasteiger partial charge < -0.3 is 10.1 Å². The zero-order valence-corrected chi connectivity index (χ0v) is 14.4. The van der Waals surface area contributed by atoms with Crippen molar-refractivity contribution in [3.8, 4) is 11.6 Å². The van der Waals surface area contributed by atoms with Crippen LogP contribution in [-0.2, 0) is 0 Å². The van der Waals surface area contributed by atoms with Crippen LogP contribution in [0.25, 0.3) is 0 Å². The van der Waals surface area contributed by atoms with E-state index in [0.29, 0.717) is 16.7 Å². The number of nitrogens with one attached hydrogen (secondary N) is 1. The fraction of sp³-hybridized carbons (Fsp3) is 0.312. The minimum absolute atomic E-state index is 0.286. The second-order valence-corrected chi connectivity index (χ2v) is 6.07. The molecule has 0 bridgehead atoms. The molecule has 1 heterocycles. The van der Waals surface area contributed by atoms with Gasteiger partial charge in [0, 0.05) is 23.3 Å². The minimum Gasteiger partial charge on any atom is -0.438 e. The van der Waals surface area contributed by atoms with Crippen LogP contribution in [-0.4, -0.2) is 11.5 Å². The molecule has 0 spiro atoms. The number of pyridine rings is 1. The molecule has 0 radical (unpaired) electrons. The van der Waals surface area contributed by atoms with Crippen LogP contribution < -0.4 is 10.1 Å². The van der Waals surface area contributed by atoms with Gasteiger partial charge in [-0.1, -0.05) is 24.6 Å². The van der Waals surface area contributed by atoms with E-state index in [0.717, 1.165) is 23.0 Å². The SMILES string of the molecule is CCCNC(C)c1ccc(Oc2ccc(Cl)cc2Br)nc1. The van der Waals surface area contributed by atoms with E-state index in [2.05, 4.69) is 40.1 Å². The molecule has 2 rings (SSSR count). The number of hydrogen-bond acceptors (Lipinski definition) is 3. The molecule has 3 nitrogen and oxygen atoms in total. The fourth-order valence-electron chi connectivity index (χ4n) is 1.86. The van der Waals surface area contributed by atoms with Crippen molar-refractivity contribution in [2.24, 2.45) is 0 Å². The standard InChI is InChI=1S/C16H18BrClN2O/c1-3-8-19-11(2)12-4-7-16(20-10-12)21-15-6-5-13(18)9-14(15)17/h4-7,9-11,19H,3,8H2,1-2H3. The molecule has 1 aromatic heterocycles. The molecule has 0 saturated carbocycles. The number of rotatable bonds is 6. The maximum Gasteiger partial charge on any atom is 0.219 e. The minimum atomic E-state index is 0.286. The Labute approximate surface area is 138 Å². The van der Waals surface area contributed by atoms with Crippen molar-refractivity contribution in [1.82, 2.24) is 10.3 Å². The Morgan fingerprint density at radius 1 is 1.33 bits per heavy atom. The smallest absolute Gasteiger partial charge is 0.219 e. The van der Waals surface area contributed by atoms with Gasteiger partial charge in [0.05, 0.1) is 4.47 Å². The van der Waals surface area contributed by atoms with Crippen LogP contribution >= 0.6 is 27.5 Å². The molecule has 1 atom stereocenters. The number of aromatic nitrogens is 1. The molecule has 112 valence electrons. The number of nitrogens with zero attached hydrogens (tertiary/aromatic N) is 1. The summed E-state index contributed by atoms with van der Waals surface area (Å²) < 4.78 is 6.55. The van der Waals surface area contributed by atoms with Gasteiger partial charge in [-0.05, 0) is 59.6 Å². The summed E-state index contributed by atoms with van der Waals surface area (Å²) >= 11 is 9.33. The first-order valence-corrected chi connectivity index (χ1v) is 8.09. The lowest BCUT2D eigenvalue weighted by Crippen LogP contribution is -2.19. The molecule has 1 N–H and O–H groups in total. The quantitative estimate of drug-likeness (QED) is 0.745. The maximum atomic E-state index is 5.91. The van der Waals surface area contributed by atoms with Gasteiger partial charge >= 0.3 is 0 Å². The Kier molecular flexibility index (Phi) is 6.03. The highest BCUT2D eigenvalue weighted by molar-refractivity contribution is 9.10. The van der Waals surface area contributed by atoms with Crippen LogP contribution in [0.4, 0.5) is 0 Å². The van der Waals surface area contributed by atoms with Crippen LogP contribution in [0.1, 0.15) is 31.9 Å². The lowest BCUT2D eigenvalue weighted by Gasteiger charge is -2.13. The third-order valence-electron chi connectivity index (χ3n) is 3.07. The van der Waals surface area contributed by atoms with Crippen molar-refractivity contribution in [3.05, 3.63) is 51.6 Å². The van der Waals surface area contributed by atoms with Gasteiger partial charge in [0.2, 0.25) is 5.88 Å². The van der Waals surface area contributed by atoms with E-state index < -0.39 is 0 Å². The Hall–Kier alpha value is -1.10. The first-order chi connectivity index (χ1) is 10.1. The lowest BCUT2D eigenvalue weighted by molar-refractivity contribution is 0.458. The van der Waals surface area contributed by atoms with Crippen molar-refractivity contribution in [3.63, 3.8) is 0 Å². The second kappa shape index (κ2) is 7.78. The zero-order valence-electron chi connectivity index (χ0n) is 12.1. The van der Waals surface area contributed by atoms with Gasteiger partial charge in [-0.25, -0.2) is 4.98 Å². The predicted octanol–water partition coefficient (Wildman–Crippen LogP) is 5.35. The van der Waals surface area contributed by atoms with E-state index in [-0.39, 0.29) is 6.04 Å². The molecular formula is C16H18BrClN2O. The van der Waals surface area contributed by atoms with Crippen molar-refractivity contribution in [2.45, 2.75) is 26.3 Å². The molecule has 2 aromatic rings.